The number of carbonyl (C=O) groups excluding carboxylic acids is 1. The van der Waals surface area contributed by atoms with Crippen LogP contribution in [0.25, 0.3) is 0 Å². The number of hydrogen-bond donors (Lipinski definition) is 3. The largest absolute Gasteiger partial charge is 0.390 e. The number of aromatic nitrogens is 2. The van der Waals surface area contributed by atoms with E-state index >= 15 is 0 Å². The molecule has 1 rings (SSSR count). The Morgan fingerprint density at radius 2 is 2.50 bits per heavy atom. The highest BCUT2D eigenvalue weighted by Crippen LogP contribution is 2.01. The summed E-state index contributed by atoms with van der Waals surface area (Å²) in [6.07, 6.45) is 1.60. The summed E-state index contributed by atoms with van der Waals surface area (Å²) in [5.74, 6) is -0.113. The molecule has 0 fully saturated rings. The quantitative estimate of drug-likeness (QED) is 0.627. The molecule has 0 radical (unpaired) electrons. The van der Waals surface area contributed by atoms with Gasteiger partial charge in [-0.1, -0.05) is 0 Å². The summed E-state index contributed by atoms with van der Waals surface area (Å²) in [6.45, 7) is 2.45. The van der Waals surface area contributed by atoms with Gasteiger partial charge in [-0.25, -0.2) is 0 Å². The molecule has 5 nitrogen and oxygen atoms in total. The molecule has 0 aliphatic heterocycles. The van der Waals surface area contributed by atoms with Crippen molar-refractivity contribution in [1.82, 2.24) is 14.9 Å². The number of amides is 1. The molecule has 0 aliphatic rings. The van der Waals surface area contributed by atoms with E-state index in [1.165, 1.54) is 0 Å². The lowest BCUT2D eigenvalue weighted by Crippen LogP contribution is -2.27. The molecule has 1 amide bonds. The second-order valence-electron chi connectivity index (χ2n) is 2.78. The average molecular weight is 215 g/mol. The number of H-pyrrole nitrogens is 1. The lowest BCUT2D eigenvalue weighted by atomic mass is 10.4. The first-order valence-electron chi connectivity index (χ1n) is 4.33. The maximum atomic E-state index is 11.3. The van der Waals surface area contributed by atoms with Crippen LogP contribution < -0.4 is 5.32 Å². The molecule has 0 saturated carbocycles. The number of imidazole rings is 1. The third-order valence-corrected chi connectivity index (χ3v) is 2.13. The number of likely N-dealkylation sites (N-methyl/N-ethyl adjacent to an activating group) is 1. The highest BCUT2D eigenvalue weighted by molar-refractivity contribution is 7.71. The second kappa shape index (κ2) is 4.92. The van der Waals surface area contributed by atoms with Crippen LogP contribution in [0.15, 0.2) is 6.20 Å². The SMILES string of the molecule is CCNC(=O)Cn1c(CO)c[nH]c1=S. The van der Waals surface area contributed by atoms with E-state index in [2.05, 4.69) is 10.3 Å². The van der Waals surface area contributed by atoms with Crippen LogP contribution in [0.4, 0.5) is 0 Å². The highest BCUT2D eigenvalue weighted by atomic mass is 32.1. The molecule has 14 heavy (non-hydrogen) atoms. The van der Waals surface area contributed by atoms with Crippen molar-refractivity contribution >= 4 is 18.1 Å². The van der Waals surface area contributed by atoms with Gasteiger partial charge in [-0.2, -0.15) is 0 Å². The fraction of sp³-hybridized carbons (Fsp3) is 0.500. The first kappa shape index (κ1) is 10.9. The molecule has 6 heteroatoms. The molecule has 1 aromatic rings. The van der Waals surface area contributed by atoms with Crippen LogP contribution in [0, 0.1) is 4.77 Å². The molecule has 78 valence electrons. The van der Waals surface area contributed by atoms with E-state index in [4.69, 9.17) is 17.3 Å². The van der Waals surface area contributed by atoms with Crippen LogP contribution in [-0.2, 0) is 17.9 Å². The normalized spacial score (nSPS) is 10.1. The average Bonchev–Trinajstić information content (AvgIpc) is 2.48. The van der Waals surface area contributed by atoms with E-state index in [0.717, 1.165) is 0 Å². The van der Waals surface area contributed by atoms with E-state index in [1.807, 2.05) is 6.92 Å². The first-order chi connectivity index (χ1) is 6.69. The zero-order valence-electron chi connectivity index (χ0n) is 7.91. The Hall–Kier alpha value is -1.14. The van der Waals surface area contributed by atoms with Gasteiger partial charge in [0.05, 0.1) is 12.3 Å². The minimum Gasteiger partial charge on any atom is -0.390 e. The summed E-state index contributed by atoms with van der Waals surface area (Å²) in [5.41, 5.74) is 0.612. The Balaban J connectivity index is 2.79. The monoisotopic (exact) mass is 215 g/mol. The van der Waals surface area contributed by atoms with Crippen molar-refractivity contribution in [2.45, 2.75) is 20.1 Å². The van der Waals surface area contributed by atoms with Crippen molar-refractivity contribution in [3.63, 3.8) is 0 Å². The van der Waals surface area contributed by atoms with E-state index < -0.39 is 0 Å². The van der Waals surface area contributed by atoms with Gasteiger partial charge in [0.2, 0.25) is 5.91 Å². The highest BCUT2D eigenvalue weighted by Gasteiger charge is 2.06. The fourth-order valence-corrected chi connectivity index (χ4v) is 1.37. The zero-order chi connectivity index (χ0) is 10.6. The van der Waals surface area contributed by atoms with Crippen molar-refractivity contribution < 1.29 is 9.90 Å². The minimum absolute atomic E-state index is 0.113. The number of aliphatic hydroxyl groups is 1. The summed E-state index contributed by atoms with van der Waals surface area (Å²) in [6, 6.07) is 0. The third-order valence-electron chi connectivity index (χ3n) is 1.79. The van der Waals surface area contributed by atoms with Crippen LogP contribution in [0.3, 0.4) is 0 Å². The Bertz CT molecular complexity index is 369. The Morgan fingerprint density at radius 3 is 3.07 bits per heavy atom. The van der Waals surface area contributed by atoms with E-state index in [9.17, 15) is 4.79 Å². The second-order valence-corrected chi connectivity index (χ2v) is 3.17. The van der Waals surface area contributed by atoms with E-state index in [-0.39, 0.29) is 19.1 Å². The standard InChI is InChI=1S/C8H13N3O2S/c1-2-9-7(13)4-11-6(5-12)3-10-8(11)14/h3,12H,2,4-5H2,1H3,(H,9,13)(H,10,14). The summed E-state index contributed by atoms with van der Waals surface area (Å²) >= 11 is 4.96. The third kappa shape index (κ3) is 2.43. The first-order valence-corrected chi connectivity index (χ1v) is 4.74. The number of nitrogens with one attached hydrogen (secondary N) is 2. The van der Waals surface area contributed by atoms with Gasteiger partial charge >= 0.3 is 0 Å². The number of carbonyl (C=O) groups is 1. The summed E-state index contributed by atoms with van der Waals surface area (Å²) < 4.78 is 2.01. The molecule has 1 aromatic heterocycles. The van der Waals surface area contributed by atoms with Gasteiger partial charge < -0.3 is 20.0 Å². The van der Waals surface area contributed by atoms with Crippen molar-refractivity contribution in [2.75, 3.05) is 6.54 Å². The number of nitrogens with zero attached hydrogens (tertiary/aromatic N) is 1. The van der Waals surface area contributed by atoms with Gasteiger partial charge in [0, 0.05) is 12.7 Å². The van der Waals surface area contributed by atoms with E-state index in [1.54, 1.807) is 10.8 Å². The molecular formula is C8H13N3O2S. The number of rotatable bonds is 4. The molecule has 0 unspecified atom stereocenters. The molecule has 0 aromatic carbocycles. The molecular weight excluding hydrogens is 202 g/mol. The topological polar surface area (TPSA) is 70.1 Å². The molecule has 3 N–H and O–H groups in total. The van der Waals surface area contributed by atoms with Crippen molar-refractivity contribution in [3.05, 3.63) is 16.7 Å². The van der Waals surface area contributed by atoms with Crippen LogP contribution in [-0.4, -0.2) is 27.1 Å². The van der Waals surface area contributed by atoms with Gasteiger partial charge in [-0.3, -0.25) is 4.79 Å². The van der Waals surface area contributed by atoms with Gasteiger partial charge in [0.1, 0.15) is 6.54 Å². The molecule has 0 spiro atoms. The molecule has 0 aliphatic carbocycles. The van der Waals surface area contributed by atoms with E-state index in [0.29, 0.717) is 17.0 Å². The number of hydrogen-bond acceptors (Lipinski definition) is 3. The molecule has 0 saturated heterocycles. The smallest absolute Gasteiger partial charge is 0.240 e. The van der Waals surface area contributed by atoms with Gasteiger partial charge in [0.15, 0.2) is 4.77 Å². The van der Waals surface area contributed by atoms with Crippen LogP contribution in [0.5, 0.6) is 0 Å². The van der Waals surface area contributed by atoms with Gasteiger partial charge in [-0.15, -0.1) is 0 Å². The number of aliphatic hydroxyl groups excluding tert-OH is 1. The Kier molecular flexibility index (Phi) is 3.84. The lowest BCUT2D eigenvalue weighted by Gasteiger charge is -2.05. The van der Waals surface area contributed by atoms with Crippen LogP contribution in [0.1, 0.15) is 12.6 Å². The Labute approximate surface area is 86.8 Å². The predicted molar refractivity (Wildman–Crippen MR) is 54.2 cm³/mol. The number of aromatic amines is 1. The molecule has 0 atom stereocenters. The van der Waals surface area contributed by atoms with Crippen molar-refractivity contribution in [1.29, 1.82) is 0 Å². The lowest BCUT2D eigenvalue weighted by molar-refractivity contribution is -0.121. The molecule has 1 heterocycles. The maximum absolute atomic E-state index is 11.3. The maximum Gasteiger partial charge on any atom is 0.240 e. The van der Waals surface area contributed by atoms with Gasteiger partial charge in [-0.05, 0) is 19.1 Å². The van der Waals surface area contributed by atoms with Gasteiger partial charge in [0.25, 0.3) is 0 Å². The summed E-state index contributed by atoms with van der Waals surface area (Å²) in [5, 5.41) is 11.6. The van der Waals surface area contributed by atoms with Crippen molar-refractivity contribution in [3.8, 4) is 0 Å². The fourth-order valence-electron chi connectivity index (χ4n) is 1.13. The summed E-state index contributed by atoms with van der Waals surface area (Å²) in [4.78, 5) is 14.0. The Morgan fingerprint density at radius 1 is 1.79 bits per heavy atom. The predicted octanol–water partition coefficient (Wildman–Crippen LogP) is 0.174. The zero-order valence-corrected chi connectivity index (χ0v) is 8.73. The van der Waals surface area contributed by atoms with Crippen LogP contribution >= 0.6 is 12.2 Å². The molecule has 0 bridgehead atoms. The van der Waals surface area contributed by atoms with Crippen LogP contribution in [0.2, 0.25) is 0 Å². The van der Waals surface area contributed by atoms with Crippen molar-refractivity contribution in [2.24, 2.45) is 0 Å². The summed E-state index contributed by atoms with van der Waals surface area (Å²) in [7, 11) is 0. The minimum atomic E-state index is -0.132.